The Hall–Kier alpha value is -1.01. The van der Waals surface area contributed by atoms with Gasteiger partial charge in [-0.1, -0.05) is 22.4 Å². The lowest BCUT2D eigenvalue weighted by Crippen LogP contribution is -2.30. The molecule has 0 aliphatic carbocycles. The first-order chi connectivity index (χ1) is 9.08. The van der Waals surface area contributed by atoms with E-state index in [1.165, 1.54) is 11.8 Å². The molecule has 0 spiro atoms. The van der Waals surface area contributed by atoms with E-state index < -0.39 is 5.97 Å². The monoisotopic (exact) mass is 343 g/mol. The van der Waals surface area contributed by atoms with Crippen LogP contribution in [0.15, 0.2) is 27.6 Å². The molecule has 1 aromatic carbocycles. The quantitative estimate of drug-likeness (QED) is 0.885. The summed E-state index contributed by atoms with van der Waals surface area (Å²) in [5, 5.41) is 11.8. The molecule has 102 valence electrons. The van der Waals surface area contributed by atoms with Crippen LogP contribution in [0.3, 0.4) is 0 Å². The summed E-state index contributed by atoms with van der Waals surface area (Å²) in [6, 6.07) is 5.01. The van der Waals surface area contributed by atoms with Crippen LogP contribution >= 0.6 is 27.7 Å². The van der Waals surface area contributed by atoms with Crippen molar-refractivity contribution in [2.75, 3.05) is 6.54 Å². The Kier molecular flexibility index (Phi) is 4.87. The van der Waals surface area contributed by atoms with E-state index >= 15 is 0 Å². The second-order valence-electron chi connectivity index (χ2n) is 4.34. The molecule has 1 heterocycles. The summed E-state index contributed by atoms with van der Waals surface area (Å²) in [7, 11) is 0. The molecule has 0 radical (unpaired) electrons. The van der Waals surface area contributed by atoms with Gasteiger partial charge in [0.05, 0.1) is 10.8 Å². The number of hydrogen-bond acceptors (Lipinski definition) is 3. The first kappa shape index (κ1) is 14.4. The van der Waals surface area contributed by atoms with Crippen molar-refractivity contribution in [1.82, 2.24) is 5.32 Å². The minimum atomic E-state index is -0.968. The molecule has 0 saturated carbocycles. The number of hydrogen-bond donors (Lipinski definition) is 2. The Labute approximate surface area is 124 Å². The third kappa shape index (κ3) is 3.73. The Balaban J connectivity index is 2.23. The smallest absolute Gasteiger partial charge is 0.336 e. The summed E-state index contributed by atoms with van der Waals surface area (Å²) in [6.07, 6.45) is 2.74. The fraction of sp³-hybridized carbons (Fsp3) is 0.385. The zero-order valence-electron chi connectivity index (χ0n) is 10.2. The number of carbonyl (C=O) groups excluding carboxylic acids is 1. The predicted octanol–water partition coefficient (Wildman–Crippen LogP) is 2.91. The van der Waals surface area contributed by atoms with Gasteiger partial charge >= 0.3 is 5.97 Å². The van der Waals surface area contributed by atoms with Crippen molar-refractivity contribution in [2.24, 2.45) is 0 Å². The first-order valence-electron chi connectivity index (χ1n) is 6.05. The van der Waals surface area contributed by atoms with Gasteiger partial charge in [-0.25, -0.2) is 4.79 Å². The maximum Gasteiger partial charge on any atom is 0.336 e. The van der Waals surface area contributed by atoms with Crippen LogP contribution < -0.4 is 5.32 Å². The van der Waals surface area contributed by atoms with Crippen LogP contribution in [0, 0.1) is 0 Å². The van der Waals surface area contributed by atoms with Gasteiger partial charge in [0.25, 0.3) is 0 Å². The molecule has 1 aliphatic rings. The highest BCUT2D eigenvalue weighted by Crippen LogP contribution is 2.32. The van der Waals surface area contributed by atoms with Crippen molar-refractivity contribution in [3.63, 3.8) is 0 Å². The van der Waals surface area contributed by atoms with E-state index in [9.17, 15) is 14.7 Å². The van der Waals surface area contributed by atoms with Crippen LogP contribution in [-0.4, -0.2) is 28.8 Å². The largest absolute Gasteiger partial charge is 0.478 e. The van der Waals surface area contributed by atoms with E-state index in [0.717, 1.165) is 23.7 Å². The van der Waals surface area contributed by atoms with Gasteiger partial charge in [0, 0.05) is 15.9 Å². The van der Waals surface area contributed by atoms with Gasteiger partial charge in [-0.3, -0.25) is 4.79 Å². The molecule has 1 unspecified atom stereocenters. The fourth-order valence-electron chi connectivity index (χ4n) is 1.95. The van der Waals surface area contributed by atoms with E-state index in [1.54, 1.807) is 18.2 Å². The molecular weight excluding hydrogens is 330 g/mol. The standard InChI is InChI=1S/C13H14BrNO3S/c14-8-4-5-9(13(17)18)11(7-8)19-10-3-1-2-6-15-12(10)16/h4-5,7,10H,1-3,6H2,(H,15,16)(H,17,18). The van der Waals surface area contributed by atoms with Crippen molar-refractivity contribution in [1.29, 1.82) is 0 Å². The van der Waals surface area contributed by atoms with Crippen LogP contribution in [0.5, 0.6) is 0 Å². The first-order valence-corrected chi connectivity index (χ1v) is 7.72. The number of nitrogens with one attached hydrogen (secondary N) is 1. The number of carboxylic acid groups (broad SMARTS) is 1. The molecule has 1 fully saturated rings. The second-order valence-corrected chi connectivity index (χ2v) is 6.50. The van der Waals surface area contributed by atoms with Gasteiger partial charge in [0.15, 0.2) is 0 Å². The molecule has 1 amide bonds. The number of halogens is 1. The molecule has 1 atom stereocenters. The summed E-state index contributed by atoms with van der Waals surface area (Å²) < 4.78 is 0.814. The third-order valence-corrected chi connectivity index (χ3v) is 4.75. The summed E-state index contributed by atoms with van der Waals surface area (Å²) >= 11 is 4.67. The maximum atomic E-state index is 11.9. The number of benzene rings is 1. The van der Waals surface area contributed by atoms with Crippen molar-refractivity contribution in [2.45, 2.75) is 29.4 Å². The Bertz CT molecular complexity index is 507. The van der Waals surface area contributed by atoms with E-state index in [0.29, 0.717) is 11.4 Å². The molecule has 4 nitrogen and oxygen atoms in total. The van der Waals surface area contributed by atoms with E-state index in [1.807, 2.05) is 0 Å². The lowest BCUT2D eigenvalue weighted by molar-refractivity contribution is -0.120. The molecule has 0 aromatic heterocycles. The Morgan fingerprint density at radius 1 is 1.42 bits per heavy atom. The predicted molar refractivity (Wildman–Crippen MR) is 77.6 cm³/mol. The van der Waals surface area contributed by atoms with Crippen molar-refractivity contribution in [3.05, 3.63) is 28.2 Å². The van der Waals surface area contributed by atoms with Gasteiger partial charge in [-0.2, -0.15) is 0 Å². The van der Waals surface area contributed by atoms with Crippen LogP contribution in [0.1, 0.15) is 29.6 Å². The minimum Gasteiger partial charge on any atom is -0.478 e. The van der Waals surface area contributed by atoms with Gasteiger partial charge in [0.1, 0.15) is 0 Å². The summed E-state index contributed by atoms with van der Waals surface area (Å²) in [4.78, 5) is 23.7. The Morgan fingerprint density at radius 2 is 2.21 bits per heavy atom. The zero-order chi connectivity index (χ0) is 13.8. The van der Waals surface area contributed by atoms with Crippen LogP contribution in [-0.2, 0) is 4.79 Å². The molecule has 6 heteroatoms. The highest BCUT2D eigenvalue weighted by Gasteiger charge is 2.24. The molecule has 1 saturated heterocycles. The summed E-state index contributed by atoms with van der Waals surface area (Å²) in [5.74, 6) is -0.970. The van der Waals surface area contributed by atoms with Crippen LogP contribution in [0.4, 0.5) is 0 Å². The SMILES string of the molecule is O=C(O)c1ccc(Br)cc1SC1CCCCNC1=O. The Morgan fingerprint density at radius 3 is 2.95 bits per heavy atom. The van der Waals surface area contributed by atoms with Crippen molar-refractivity contribution >= 4 is 39.6 Å². The lowest BCUT2D eigenvalue weighted by atomic mass is 10.2. The number of carbonyl (C=O) groups is 2. The third-order valence-electron chi connectivity index (χ3n) is 2.93. The maximum absolute atomic E-state index is 11.9. The van der Waals surface area contributed by atoms with Gasteiger partial charge in [-0.15, -0.1) is 11.8 Å². The fourth-order valence-corrected chi connectivity index (χ4v) is 3.72. The normalized spacial score (nSPS) is 19.6. The van der Waals surface area contributed by atoms with Crippen LogP contribution in [0.2, 0.25) is 0 Å². The molecular formula is C13H14BrNO3S. The molecule has 2 rings (SSSR count). The van der Waals surface area contributed by atoms with Crippen LogP contribution in [0.25, 0.3) is 0 Å². The van der Waals surface area contributed by atoms with Gasteiger partial charge in [-0.05, 0) is 31.0 Å². The van der Waals surface area contributed by atoms with E-state index in [-0.39, 0.29) is 16.7 Å². The molecule has 1 aliphatic heterocycles. The highest BCUT2D eigenvalue weighted by atomic mass is 79.9. The average Bonchev–Trinajstić information content (AvgIpc) is 2.55. The van der Waals surface area contributed by atoms with Gasteiger partial charge in [0.2, 0.25) is 5.91 Å². The molecule has 19 heavy (non-hydrogen) atoms. The topological polar surface area (TPSA) is 66.4 Å². The van der Waals surface area contributed by atoms with E-state index in [2.05, 4.69) is 21.2 Å². The van der Waals surface area contributed by atoms with Crippen molar-refractivity contribution in [3.8, 4) is 0 Å². The highest BCUT2D eigenvalue weighted by molar-refractivity contribution is 9.10. The number of aromatic carboxylic acids is 1. The number of rotatable bonds is 3. The molecule has 0 bridgehead atoms. The summed E-state index contributed by atoms with van der Waals surface area (Å²) in [5.41, 5.74) is 0.241. The van der Waals surface area contributed by atoms with E-state index in [4.69, 9.17) is 0 Å². The number of carboxylic acids is 1. The zero-order valence-corrected chi connectivity index (χ0v) is 12.6. The lowest BCUT2D eigenvalue weighted by Gasteiger charge is -2.14. The number of amides is 1. The minimum absolute atomic E-state index is 0.00110. The second kappa shape index (κ2) is 6.43. The average molecular weight is 344 g/mol. The number of thioether (sulfide) groups is 1. The molecule has 2 N–H and O–H groups in total. The molecule has 1 aromatic rings. The summed E-state index contributed by atoms with van der Waals surface area (Å²) in [6.45, 7) is 0.708. The van der Waals surface area contributed by atoms with Gasteiger partial charge < -0.3 is 10.4 Å². The van der Waals surface area contributed by atoms with Crippen molar-refractivity contribution < 1.29 is 14.7 Å².